The number of guanidine groups is 1. The molecule has 107 heavy (non-hydrogen) atoms. The molecular weight excluding hydrogens is 1410 g/mol. The number of aliphatic imine (C=N–C) groups is 1. The van der Waals surface area contributed by atoms with Crippen LogP contribution in [0.5, 0.6) is 0 Å². The molecule has 7 amide bonds. The number of carbonyl (C=O) groups excluding carboxylic acids is 13. The monoisotopic (exact) mass is 1510 g/mol. The van der Waals surface area contributed by atoms with Crippen LogP contribution in [0.4, 0.5) is 0 Å². The highest BCUT2D eigenvalue weighted by Crippen LogP contribution is 2.65. The smallest absolute Gasteiger partial charge is 0.350 e. The zero-order chi connectivity index (χ0) is 78.6. The lowest BCUT2D eigenvalue weighted by Crippen LogP contribution is -2.80. The lowest BCUT2D eigenvalue weighted by atomic mass is 9.45. The first-order valence-electron chi connectivity index (χ1n) is 35.6. The van der Waals surface area contributed by atoms with Crippen LogP contribution in [0.3, 0.4) is 0 Å². The number of aliphatic hydroxyl groups is 2. The Morgan fingerprint density at radius 2 is 1.36 bits per heavy atom. The number of rotatable bonds is 33. The molecule has 2 bridgehead atoms. The van der Waals surface area contributed by atoms with Gasteiger partial charge >= 0.3 is 29.8 Å². The van der Waals surface area contributed by atoms with Crippen molar-refractivity contribution in [2.24, 2.45) is 50.6 Å². The Morgan fingerprint density at radius 3 is 1.94 bits per heavy atom. The Hall–Kier alpha value is -9.63. The number of ether oxygens (including phenoxy) is 6. The summed E-state index contributed by atoms with van der Waals surface area (Å²) < 4.78 is 37.8. The van der Waals surface area contributed by atoms with Crippen LogP contribution < -0.4 is 44.2 Å². The topological polar surface area (TPSA) is 486 Å². The molecule has 5 aliphatic rings. The van der Waals surface area contributed by atoms with Crippen molar-refractivity contribution in [2.75, 3.05) is 25.4 Å². The number of likely N-dealkylation sites (tertiary alicyclic amines) is 1. The zero-order valence-corrected chi connectivity index (χ0v) is 62.2. The molecule has 2 saturated heterocycles. The average Bonchev–Trinajstić information content (AvgIpc) is 0.922. The number of esters is 5. The third kappa shape index (κ3) is 19.0. The Morgan fingerprint density at radius 1 is 0.757 bits per heavy atom. The Balaban J connectivity index is 1.06. The van der Waals surface area contributed by atoms with Crippen LogP contribution >= 0.6 is 11.8 Å². The van der Waals surface area contributed by atoms with E-state index in [2.05, 4.69) is 26.3 Å². The number of carbonyl (C=O) groups is 13. The standard InChI is InChI=1S/C75H98N10O21S/c1-10-39(2)59(41(4)86)83-67(96)49(28-29-55(77)90)82-66(95)48(27-20-31-80-71(78)79)81-65(94)47(76)37-107-52-33-56(91)85(68(52)97)32-30-57(92)104-61(60(44-21-14-11-15-22-44)84-64(93)45-23-16-12-17-24-45)70(99)103-50-36-75(100)63(105-69(98)46-25-18-13-19-26-46)62-73(9,53(89)34-54-74(62,38-101-54)106-43(6)88)35-51(102-42(5)87)58(40(50)3)72(75,7)8/h11-19,21-26,39,47-54,59-63,89,100H,10,20,27-38,76H2,1-9H3,(H2,77,90)(H,81,94)(H,82,95)(H,83,96)(H,84,93)(H4,78,79,80)/t39?,47-,48-,49-,50-,51-,52?,53-,54+,59-,60-,61+,62?,63?,73+,74-,75+/m0/s1. The Bertz CT molecular complexity index is 3900. The van der Waals surface area contributed by atoms with Gasteiger partial charge in [0.15, 0.2) is 17.3 Å². The van der Waals surface area contributed by atoms with Crippen molar-refractivity contribution < 1.29 is 101 Å². The van der Waals surface area contributed by atoms with Gasteiger partial charge in [0.1, 0.15) is 48.1 Å². The number of ketones is 1. The fourth-order valence-electron chi connectivity index (χ4n) is 15.3. The molecule has 0 spiro atoms. The SMILES string of the molecule is CCC(C)[C@H](NC(=O)[C@H](CCC(N)=O)NC(=O)[C@H](CCCN=C(N)N)NC(=O)[C@@H](N)CSC1CC(=O)N(CCC(=O)O[C@@H](C(=O)O[C@H]2C[C@@]3(O)C(OC(=O)c4ccccc4)C4[C@](C)(C[C@H](OC(C)=O)C(=C2C)C3(C)C)[C@@H](O)C[C@H]2OC[C@@]42OC(C)=O)[C@@H](NC(=O)c2ccccc2)c2ccccc2)C1=O)C(C)=O. The fraction of sp³-hybridized carbons (Fsp3) is 0.547. The van der Waals surface area contributed by atoms with Gasteiger partial charge in [-0.2, -0.15) is 0 Å². The first-order chi connectivity index (χ1) is 50.5. The minimum atomic E-state index is -2.45. The summed E-state index contributed by atoms with van der Waals surface area (Å²) in [4.78, 5) is 185. The maximum atomic E-state index is 15.7. The molecule has 4 unspecified atom stereocenters. The molecule has 0 aromatic heterocycles. The van der Waals surface area contributed by atoms with Crippen molar-refractivity contribution in [3.63, 3.8) is 0 Å². The van der Waals surface area contributed by atoms with Crippen LogP contribution in [-0.4, -0.2) is 201 Å². The fourth-order valence-corrected chi connectivity index (χ4v) is 16.4. The number of hydrogen-bond donors (Lipinski definition) is 10. The zero-order valence-electron chi connectivity index (χ0n) is 61.4. The molecule has 2 aliphatic heterocycles. The Labute approximate surface area is 623 Å². The second-order valence-corrected chi connectivity index (χ2v) is 30.1. The molecule has 0 radical (unpaired) electrons. The molecule has 31 nitrogen and oxygen atoms in total. The Kier molecular flexibility index (Phi) is 27.5. The third-order valence-electron chi connectivity index (χ3n) is 21.2. The molecule has 3 aromatic rings. The molecule has 17 atom stereocenters. The van der Waals surface area contributed by atoms with Gasteiger partial charge in [0.05, 0.1) is 47.9 Å². The van der Waals surface area contributed by atoms with Crippen molar-refractivity contribution in [1.82, 2.24) is 26.2 Å². The van der Waals surface area contributed by atoms with E-state index in [1.165, 1.54) is 45.0 Å². The molecule has 580 valence electrons. The molecule has 3 aliphatic carbocycles. The van der Waals surface area contributed by atoms with Gasteiger partial charge in [-0.1, -0.05) is 108 Å². The van der Waals surface area contributed by atoms with Crippen LogP contribution in [0.1, 0.15) is 159 Å². The van der Waals surface area contributed by atoms with Crippen molar-refractivity contribution in [1.29, 1.82) is 0 Å². The number of benzene rings is 3. The maximum absolute atomic E-state index is 15.7. The third-order valence-corrected chi connectivity index (χ3v) is 22.5. The summed E-state index contributed by atoms with van der Waals surface area (Å²) >= 11 is 0.833. The quantitative estimate of drug-likeness (QED) is 0.00794. The van der Waals surface area contributed by atoms with E-state index in [1.54, 1.807) is 101 Å². The summed E-state index contributed by atoms with van der Waals surface area (Å²) in [5, 5.41) is 36.1. The minimum absolute atomic E-state index is 0.0176. The van der Waals surface area contributed by atoms with Crippen molar-refractivity contribution in [3.05, 3.63) is 119 Å². The highest BCUT2D eigenvalue weighted by Gasteiger charge is 2.76. The number of primary amides is 1. The molecule has 3 aromatic carbocycles. The molecule has 32 heteroatoms. The number of aliphatic hydroxyl groups excluding tert-OH is 1. The predicted molar refractivity (Wildman–Crippen MR) is 386 cm³/mol. The second-order valence-electron chi connectivity index (χ2n) is 28.8. The second kappa shape index (κ2) is 35.4. The molecule has 4 fully saturated rings. The van der Waals surface area contributed by atoms with Gasteiger partial charge in [-0.25, -0.2) is 9.59 Å². The van der Waals surface area contributed by atoms with Crippen molar-refractivity contribution in [2.45, 2.75) is 210 Å². The number of nitrogens with one attached hydrogen (secondary N) is 4. The molecule has 14 N–H and O–H groups in total. The summed E-state index contributed by atoms with van der Waals surface area (Å²) in [6.07, 6.45) is -11.3. The van der Waals surface area contributed by atoms with Gasteiger partial charge in [0, 0.05) is 74.8 Å². The van der Waals surface area contributed by atoms with E-state index in [0.717, 1.165) is 16.7 Å². The van der Waals surface area contributed by atoms with E-state index in [4.69, 9.17) is 51.4 Å². The maximum Gasteiger partial charge on any atom is 0.350 e. The van der Waals surface area contributed by atoms with Crippen LogP contribution in [0.15, 0.2) is 107 Å². The van der Waals surface area contributed by atoms with Crippen LogP contribution in [0, 0.1) is 22.7 Å². The largest absolute Gasteiger partial charge is 0.458 e. The average molecular weight is 1510 g/mol. The highest BCUT2D eigenvalue weighted by molar-refractivity contribution is 8.00. The van der Waals surface area contributed by atoms with E-state index in [1.807, 2.05) is 6.92 Å². The summed E-state index contributed by atoms with van der Waals surface area (Å²) in [5.74, 6) is -13.1. The summed E-state index contributed by atoms with van der Waals surface area (Å²) in [7, 11) is 0. The lowest BCUT2D eigenvalue weighted by Gasteiger charge is -2.68. The van der Waals surface area contributed by atoms with Crippen LogP contribution in [0.25, 0.3) is 0 Å². The number of Topliss-reactive ketones (excluding diaryl/α,β-unsaturated/α-hetero) is 1. The first kappa shape index (κ1) is 83.0. The van der Waals surface area contributed by atoms with E-state index < -0.39 is 197 Å². The summed E-state index contributed by atoms with van der Waals surface area (Å²) in [6, 6.07) is 16.9. The predicted octanol–water partition coefficient (Wildman–Crippen LogP) is 2.09. The summed E-state index contributed by atoms with van der Waals surface area (Å²) in [5.41, 5.74) is 16.3. The van der Waals surface area contributed by atoms with Gasteiger partial charge in [-0.15, -0.1) is 11.8 Å². The van der Waals surface area contributed by atoms with E-state index in [0.29, 0.717) is 6.42 Å². The number of amides is 7. The van der Waals surface area contributed by atoms with Crippen molar-refractivity contribution >= 4 is 94.7 Å². The number of fused-ring (bicyclic) bond motifs is 5. The van der Waals surface area contributed by atoms with Crippen molar-refractivity contribution in [3.8, 4) is 0 Å². The van der Waals surface area contributed by atoms with Gasteiger partial charge in [-0.3, -0.25) is 62.6 Å². The number of thioether (sulfide) groups is 1. The number of nitrogens with zero attached hydrogens (tertiary/aromatic N) is 2. The first-order valence-corrected chi connectivity index (χ1v) is 36.7. The van der Waals surface area contributed by atoms with Gasteiger partial charge in [0.25, 0.3) is 5.91 Å². The summed E-state index contributed by atoms with van der Waals surface area (Å²) in [6.45, 7) is 12.9. The van der Waals surface area contributed by atoms with Gasteiger partial charge in [-0.05, 0) is 86.4 Å². The molecular formula is C75H98N10O21S. The molecule has 8 rings (SSSR count). The molecule has 2 heterocycles. The van der Waals surface area contributed by atoms with E-state index in [9.17, 15) is 67.7 Å². The van der Waals surface area contributed by atoms with Gasteiger partial charge in [0.2, 0.25) is 41.5 Å². The van der Waals surface area contributed by atoms with Gasteiger partial charge < -0.3 is 82.8 Å². The van der Waals surface area contributed by atoms with E-state index >= 15 is 4.79 Å². The van der Waals surface area contributed by atoms with E-state index in [-0.39, 0.29) is 103 Å². The van der Waals surface area contributed by atoms with Crippen LogP contribution in [0.2, 0.25) is 0 Å². The number of nitrogens with two attached hydrogens (primary N) is 4. The number of hydrogen-bond acceptors (Lipinski definition) is 24. The lowest BCUT2D eigenvalue weighted by molar-refractivity contribution is -0.354. The molecule has 2 saturated carbocycles. The number of imide groups is 1. The normalized spacial score (nSPS) is 26.1. The minimum Gasteiger partial charge on any atom is -0.458 e. The van der Waals surface area contributed by atoms with Crippen LogP contribution in [-0.2, 0) is 81.2 Å². The highest BCUT2D eigenvalue weighted by atomic mass is 32.2.